The van der Waals surface area contributed by atoms with Gasteiger partial charge in [-0.3, -0.25) is 4.79 Å². The van der Waals surface area contributed by atoms with Crippen molar-refractivity contribution in [3.8, 4) is 11.5 Å². The van der Waals surface area contributed by atoms with E-state index in [1.54, 1.807) is 0 Å². The summed E-state index contributed by atoms with van der Waals surface area (Å²) in [6.07, 6.45) is 2.93. The van der Waals surface area contributed by atoms with Gasteiger partial charge in [0.05, 0.1) is 17.0 Å². The third-order valence-corrected chi connectivity index (χ3v) is 5.93. The maximum atomic E-state index is 12.9. The first kappa shape index (κ1) is 23.3. The SMILES string of the molecule is CC[C@H](C)c1ccccc1OCCOc1ccc(/C=C2/C(=O)N(c3ccccc3)N=C2C)cc1. The van der Waals surface area contributed by atoms with E-state index in [2.05, 4.69) is 25.0 Å². The van der Waals surface area contributed by atoms with Crippen molar-refractivity contribution in [2.45, 2.75) is 33.1 Å². The molecule has 0 saturated heterocycles. The van der Waals surface area contributed by atoms with E-state index in [4.69, 9.17) is 9.47 Å². The van der Waals surface area contributed by atoms with Crippen LogP contribution in [0.5, 0.6) is 11.5 Å². The molecule has 0 bridgehead atoms. The largest absolute Gasteiger partial charge is 0.490 e. The van der Waals surface area contributed by atoms with E-state index in [9.17, 15) is 4.79 Å². The van der Waals surface area contributed by atoms with Crippen molar-refractivity contribution in [3.05, 3.63) is 95.6 Å². The van der Waals surface area contributed by atoms with Crippen LogP contribution in [-0.2, 0) is 4.79 Å². The molecule has 0 aliphatic carbocycles. The maximum absolute atomic E-state index is 12.9. The van der Waals surface area contributed by atoms with Crippen LogP contribution < -0.4 is 14.5 Å². The van der Waals surface area contributed by atoms with Crippen LogP contribution in [0.1, 0.15) is 44.2 Å². The van der Waals surface area contributed by atoms with E-state index < -0.39 is 0 Å². The number of amides is 1. The van der Waals surface area contributed by atoms with Gasteiger partial charge in [0.2, 0.25) is 0 Å². The molecule has 1 aliphatic rings. The van der Waals surface area contributed by atoms with Crippen LogP contribution in [0.4, 0.5) is 5.69 Å². The van der Waals surface area contributed by atoms with Crippen molar-refractivity contribution in [1.82, 2.24) is 0 Å². The maximum Gasteiger partial charge on any atom is 0.280 e. The number of carbonyl (C=O) groups is 1. The lowest BCUT2D eigenvalue weighted by Gasteiger charge is -2.16. The molecule has 1 atom stereocenters. The number of nitrogens with zero attached hydrogens (tertiary/aromatic N) is 2. The molecule has 1 amide bonds. The van der Waals surface area contributed by atoms with Crippen molar-refractivity contribution >= 4 is 23.4 Å². The minimum Gasteiger partial charge on any atom is -0.490 e. The molecule has 0 saturated carbocycles. The summed E-state index contributed by atoms with van der Waals surface area (Å²) in [4.78, 5) is 12.9. The highest BCUT2D eigenvalue weighted by molar-refractivity contribution is 6.32. The van der Waals surface area contributed by atoms with E-state index in [1.165, 1.54) is 10.6 Å². The summed E-state index contributed by atoms with van der Waals surface area (Å²) >= 11 is 0. The van der Waals surface area contributed by atoms with Crippen LogP contribution in [0.2, 0.25) is 0 Å². The number of para-hydroxylation sites is 2. The molecule has 4 rings (SSSR count). The molecule has 1 aliphatic heterocycles. The fourth-order valence-electron chi connectivity index (χ4n) is 3.81. The topological polar surface area (TPSA) is 51.1 Å². The molecule has 3 aromatic rings. The molecule has 0 spiro atoms. The summed E-state index contributed by atoms with van der Waals surface area (Å²) in [5, 5.41) is 5.87. The molecule has 174 valence electrons. The number of hydrogen-bond acceptors (Lipinski definition) is 4. The standard InChI is InChI=1S/C29H30N2O3/c1-4-21(2)26-12-8-9-13-28(26)34-19-18-33-25-16-14-23(15-17-25)20-27-22(3)30-31(29(27)32)24-10-6-5-7-11-24/h5-17,20-21H,4,18-19H2,1-3H3/b27-20+/t21-/m0/s1. The summed E-state index contributed by atoms with van der Waals surface area (Å²) in [6, 6.07) is 25.3. The summed E-state index contributed by atoms with van der Waals surface area (Å²) in [7, 11) is 0. The average molecular weight is 455 g/mol. The third-order valence-electron chi connectivity index (χ3n) is 5.93. The molecule has 0 radical (unpaired) electrons. The van der Waals surface area contributed by atoms with Gasteiger partial charge in [0.1, 0.15) is 24.7 Å². The number of benzene rings is 3. The Morgan fingerprint density at radius 1 is 0.912 bits per heavy atom. The summed E-state index contributed by atoms with van der Waals surface area (Å²) < 4.78 is 11.8. The van der Waals surface area contributed by atoms with Gasteiger partial charge in [0, 0.05) is 0 Å². The van der Waals surface area contributed by atoms with Gasteiger partial charge >= 0.3 is 0 Å². The van der Waals surface area contributed by atoms with Crippen LogP contribution in [0.3, 0.4) is 0 Å². The van der Waals surface area contributed by atoms with Crippen LogP contribution in [0.15, 0.2) is 89.5 Å². The Kier molecular flexibility index (Phi) is 7.43. The van der Waals surface area contributed by atoms with E-state index in [1.807, 2.05) is 85.8 Å². The monoisotopic (exact) mass is 454 g/mol. The predicted octanol–water partition coefficient (Wildman–Crippen LogP) is 6.46. The predicted molar refractivity (Wildman–Crippen MR) is 138 cm³/mol. The zero-order valence-corrected chi connectivity index (χ0v) is 19.9. The Balaban J connectivity index is 1.33. The molecular weight excluding hydrogens is 424 g/mol. The molecule has 5 nitrogen and oxygen atoms in total. The Morgan fingerprint density at radius 2 is 1.59 bits per heavy atom. The molecule has 1 heterocycles. The van der Waals surface area contributed by atoms with Crippen LogP contribution in [0.25, 0.3) is 6.08 Å². The molecule has 0 aromatic heterocycles. The number of ether oxygens (including phenoxy) is 2. The highest BCUT2D eigenvalue weighted by Crippen LogP contribution is 2.28. The average Bonchev–Trinajstić information content (AvgIpc) is 3.16. The van der Waals surface area contributed by atoms with E-state index >= 15 is 0 Å². The Labute approximate surface area is 201 Å². The highest BCUT2D eigenvalue weighted by atomic mass is 16.5. The Morgan fingerprint density at radius 3 is 2.32 bits per heavy atom. The molecule has 0 fully saturated rings. The molecule has 34 heavy (non-hydrogen) atoms. The Bertz CT molecular complexity index is 1180. The molecular formula is C29H30N2O3. The number of hydrazone groups is 1. The second kappa shape index (κ2) is 10.8. The van der Waals surface area contributed by atoms with Crippen molar-refractivity contribution in [2.75, 3.05) is 18.2 Å². The zero-order valence-electron chi connectivity index (χ0n) is 19.9. The molecule has 3 aromatic carbocycles. The minimum atomic E-state index is -0.126. The van der Waals surface area contributed by atoms with Crippen LogP contribution in [0, 0.1) is 0 Å². The normalized spacial score (nSPS) is 15.4. The first-order valence-electron chi connectivity index (χ1n) is 11.7. The number of anilines is 1. The first-order valence-corrected chi connectivity index (χ1v) is 11.7. The second-order valence-electron chi connectivity index (χ2n) is 8.31. The van der Waals surface area contributed by atoms with Gasteiger partial charge < -0.3 is 9.47 Å². The zero-order chi connectivity index (χ0) is 23.9. The van der Waals surface area contributed by atoms with Crippen molar-refractivity contribution in [2.24, 2.45) is 5.10 Å². The van der Waals surface area contributed by atoms with Gasteiger partial charge in [0.25, 0.3) is 5.91 Å². The van der Waals surface area contributed by atoms with Crippen molar-refractivity contribution < 1.29 is 14.3 Å². The minimum absolute atomic E-state index is 0.126. The van der Waals surface area contributed by atoms with Crippen molar-refractivity contribution in [1.29, 1.82) is 0 Å². The van der Waals surface area contributed by atoms with Crippen LogP contribution in [-0.4, -0.2) is 24.8 Å². The van der Waals surface area contributed by atoms with Gasteiger partial charge in [-0.15, -0.1) is 0 Å². The van der Waals surface area contributed by atoms with Crippen LogP contribution >= 0.6 is 0 Å². The fourth-order valence-corrected chi connectivity index (χ4v) is 3.81. The molecule has 0 N–H and O–H groups in total. The van der Waals surface area contributed by atoms with Gasteiger partial charge in [-0.1, -0.05) is 62.4 Å². The number of hydrogen-bond donors (Lipinski definition) is 0. The van der Waals surface area contributed by atoms with E-state index in [0.29, 0.717) is 30.4 Å². The molecule has 0 unspecified atom stereocenters. The smallest absolute Gasteiger partial charge is 0.280 e. The number of rotatable bonds is 9. The van der Waals surface area contributed by atoms with Crippen molar-refractivity contribution in [3.63, 3.8) is 0 Å². The van der Waals surface area contributed by atoms with Gasteiger partial charge in [-0.05, 0) is 66.8 Å². The van der Waals surface area contributed by atoms with E-state index in [-0.39, 0.29) is 5.91 Å². The first-order chi connectivity index (χ1) is 16.6. The highest BCUT2D eigenvalue weighted by Gasteiger charge is 2.28. The molecule has 5 heteroatoms. The fraction of sp³-hybridized carbons (Fsp3) is 0.241. The number of carbonyl (C=O) groups excluding carboxylic acids is 1. The lowest BCUT2D eigenvalue weighted by atomic mass is 9.98. The summed E-state index contributed by atoms with van der Waals surface area (Å²) in [5.41, 5.74) is 4.19. The quantitative estimate of drug-likeness (QED) is 0.275. The lowest BCUT2D eigenvalue weighted by Crippen LogP contribution is -2.21. The Hall–Kier alpha value is -3.86. The van der Waals surface area contributed by atoms with Gasteiger partial charge in [-0.25, -0.2) is 0 Å². The van der Waals surface area contributed by atoms with E-state index in [0.717, 1.165) is 29.2 Å². The second-order valence-corrected chi connectivity index (χ2v) is 8.31. The lowest BCUT2D eigenvalue weighted by molar-refractivity contribution is -0.114. The summed E-state index contributed by atoms with van der Waals surface area (Å²) in [6.45, 7) is 7.16. The van der Waals surface area contributed by atoms with Gasteiger partial charge in [-0.2, -0.15) is 10.1 Å². The summed E-state index contributed by atoms with van der Waals surface area (Å²) in [5.74, 6) is 2.01. The van der Waals surface area contributed by atoms with Gasteiger partial charge in [0.15, 0.2) is 0 Å². The third kappa shape index (κ3) is 5.37.